The lowest BCUT2D eigenvalue weighted by Crippen LogP contribution is -2.17. The maximum absolute atomic E-state index is 5.32. The van der Waals surface area contributed by atoms with E-state index in [1.807, 2.05) is 18.2 Å². The highest BCUT2D eigenvalue weighted by Gasteiger charge is 2.16. The summed E-state index contributed by atoms with van der Waals surface area (Å²) < 4.78 is 5.32. The van der Waals surface area contributed by atoms with Gasteiger partial charge in [-0.05, 0) is 0 Å². The minimum absolute atomic E-state index is 0.668. The summed E-state index contributed by atoms with van der Waals surface area (Å²) in [6.07, 6.45) is 0. The summed E-state index contributed by atoms with van der Waals surface area (Å²) in [5.74, 6) is 0. The maximum Gasteiger partial charge on any atom is 0.187 e. The Hall–Kier alpha value is -1.39. The van der Waals surface area contributed by atoms with Gasteiger partial charge in [0.05, 0.1) is 12.3 Å². The number of nitrogens with zero attached hydrogens (tertiary/aromatic N) is 2. The second-order valence-electron chi connectivity index (χ2n) is 3.68. The molecule has 0 atom stereocenters. The number of anilines is 1. The zero-order chi connectivity index (χ0) is 10.8. The van der Waals surface area contributed by atoms with Crippen molar-refractivity contribution in [1.82, 2.24) is 4.98 Å². The summed E-state index contributed by atoms with van der Waals surface area (Å²) in [5.41, 5.74) is 2.22. The monoisotopic (exact) mass is 232 g/mol. The van der Waals surface area contributed by atoms with Crippen LogP contribution in [0.3, 0.4) is 0 Å². The average Bonchev–Trinajstić information content (AvgIpc) is 3.01. The molecule has 1 fully saturated rings. The van der Waals surface area contributed by atoms with E-state index in [1.54, 1.807) is 11.3 Å². The maximum atomic E-state index is 5.32. The highest BCUT2D eigenvalue weighted by Crippen LogP contribution is 2.27. The van der Waals surface area contributed by atoms with E-state index in [-0.39, 0.29) is 0 Å². The molecule has 1 saturated heterocycles. The first-order valence-corrected chi connectivity index (χ1v) is 6.15. The zero-order valence-electron chi connectivity index (χ0n) is 8.80. The van der Waals surface area contributed by atoms with Crippen LogP contribution in [0.1, 0.15) is 0 Å². The van der Waals surface area contributed by atoms with Gasteiger partial charge in [-0.25, -0.2) is 4.98 Å². The average molecular weight is 232 g/mol. The molecule has 82 valence electrons. The van der Waals surface area contributed by atoms with Gasteiger partial charge in [0.1, 0.15) is 6.73 Å². The van der Waals surface area contributed by atoms with E-state index in [0.717, 1.165) is 24.0 Å². The lowest BCUT2D eigenvalue weighted by Gasteiger charge is -2.09. The number of aromatic nitrogens is 1. The Balaban J connectivity index is 1.87. The Kier molecular flexibility index (Phi) is 2.60. The molecule has 0 amide bonds. The lowest BCUT2D eigenvalue weighted by molar-refractivity contribution is 0.201. The number of benzene rings is 1. The third-order valence-corrected chi connectivity index (χ3v) is 3.49. The van der Waals surface area contributed by atoms with Crippen LogP contribution in [-0.2, 0) is 4.74 Å². The molecule has 0 saturated carbocycles. The van der Waals surface area contributed by atoms with Crippen LogP contribution in [0, 0.1) is 0 Å². The minimum atomic E-state index is 0.668. The summed E-state index contributed by atoms with van der Waals surface area (Å²) in [6.45, 7) is 2.42. The Morgan fingerprint density at radius 2 is 2.12 bits per heavy atom. The van der Waals surface area contributed by atoms with Gasteiger partial charge in [0.2, 0.25) is 0 Å². The van der Waals surface area contributed by atoms with Gasteiger partial charge < -0.3 is 9.64 Å². The molecular formula is C12H12N2OS. The van der Waals surface area contributed by atoms with E-state index in [4.69, 9.17) is 4.74 Å². The molecule has 0 unspecified atom stereocenters. The first-order chi connectivity index (χ1) is 7.93. The molecule has 1 aromatic heterocycles. The number of hydrogen-bond acceptors (Lipinski definition) is 4. The van der Waals surface area contributed by atoms with Gasteiger partial charge in [-0.15, -0.1) is 11.3 Å². The standard InChI is InChI=1S/C12H12N2OS/c1-2-4-10(5-3-1)11-8-16-12(13-11)14-6-7-15-9-14/h1-5,8H,6-7,9H2. The SMILES string of the molecule is c1ccc(-c2csc(N3CCOC3)n2)cc1. The van der Waals surface area contributed by atoms with Gasteiger partial charge in [0.15, 0.2) is 5.13 Å². The van der Waals surface area contributed by atoms with Crippen molar-refractivity contribution in [2.45, 2.75) is 0 Å². The van der Waals surface area contributed by atoms with Crippen molar-refractivity contribution in [3.8, 4) is 11.3 Å². The Morgan fingerprint density at radius 1 is 1.25 bits per heavy atom. The largest absolute Gasteiger partial charge is 0.359 e. The topological polar surface area (TPSA) is 25.4 Å². The fourth-order valence-corrected chi connectivity index (χ4v) is 2.57. The van der Waals surface area contributed by atoms with Crippen molar-refractivity contribution < 1.29 is 4.74 Å². The van der Waals surface area contributed by atoms with Crippen molar-refractivity contribution in [3.63, 3.8) is 0 Å². The quantitative estimate of drug-likeness (QED) is 0.796. The van der Waals surface area contributed by atoms with E-state index in [2.05, 4.69) is 27.4 Å². The van der Waals surface area contributed by atoms with Gasteiger partial charge in [-0.2, -0.15) is 0 Å². The lowest BCUT2D eigenvalue weighted by atomic mass is 10.2. The van der Waals surface area contributed by atoms with Crippen LogP contribution in [-0.4, -0.2) is 24.9 Å². The van der Waals surface area contributed by atoms with E-state index < -0.39 is 0 Å². The molecule has 0 aliphatic carbocycles. The van der Waals surface area contributed by atoms with Gasteiger partial charge in [0.25, 0.3) is 0 Å². The molecule has 1 aliphatic rings. The summed E-state index contributed by atoms with van der Waals surface area (Å²) in [6, 6.07) is 10.3. The van der Waals surface area contributed by atoms with Crippen molar-refractivity contribution >= 4 is 16.5 Å². The molecule has 0 radical (unpaired) electrons. The molecule has 2 aromatic rings. The van der Waals surface area contributed by atoms with Gasteiger partial charge in [0, 0.05) is 17.5 Å². The van der Waals surface area contributed by atoms with Gasteiger partial charge >= 0.3 is 0 Å². The van der Waals surface area contributed by atoms with E-state index >= 15 is 0 Å². The highest BCUT2D eigenvalue weighted by atomic mass is 32.1. The van der Waals surface area contributed by atoms with Crippen LogP contribution in [0.4, 0.5) is 5.13 Å². The second-order valence-corrected chi connectivity index (χ2v) is 4.52. The first-order valence-electron chi connectivity index (χ1n) is 5.27. The molecule has 1 aromatic carbocycles. The summed E-state index contributed by atoms with van der Waals surface area (Å²) in [7, 11) is 0. The number of rotatable bonds is 2. The van der Waals surface area contributed by atoms with E-state index in [1.165, 1.54) is 5.56 Å². The molecular weight excluding hydrogens is 220 g/mol. The molecule has 3 rings (SSSR count). The Bertz CT molecular complexity index is 463. The number of hydrogen-bond donors (Lipinski definition) is 0. The van der Waals surface area contributed by atoms with Crippen LogP contribution in [0.2, 0.25) is 0 Å². The molecule has 0 bridgehead atoms. The molecule has 2 heterocycles. The molecule has 3 nitrogen and oxygen atoms in total. The minimum Gasteiger partial charge on any atom is -0.359 e. The van der Waals surface area contributed by atoms with Crippen molar-refractivity contribution in [2.75, 3.05) is 24.8 Å². The molecule has 16 heavy (non-hydrogen) atoms. The highest BCUT2D eigenvalue weighted by molar-refractivity contribution is 7.14. The smallest absolute Gasteiger partial charge is 0.187 e. The summed E-state index contributed by atoms with van der Waals surface area (Å²) >= 11 is 1.68. The molecule has 0 N–H and O–H groups in total. The van der Waals surface area contributed by atoms with Crippen LogP contribution in [0.15, 0.2) is 35.7 Å². The summed E-state index contributed by atoms with van der Waals surface area (Å²) in [4.78, 5) is 6.79. The predicted molar refractivity (Wildman–Crippen MR) is 65.7 cm³/mol. The second kappa shape index (κ2) is 4.23. The van der Waals surface area contributed by atoms with Gasteiger partial charge in [-0.3, -0.25) is 0 Å². The van der Waals surface area contributed by atoms with Crippen molar-refractivity contribution in [3.05, 3.63) is 35.7 Å². The summed E-state index contributed by atoms with van der Waals surface area (Å²) in [5, 5.41) is 3.15. The van der Waals surface area contributed by atoms with Crippen LogP contribution >= 0.6 is 11.3 Å². The normalized spacial score (nSPS) is 15.6. The molecule has 1 aliphatic heterocycles. The molecule has 4 heteroatoms. The third-order valence-electron chi connectivity index (χ3n) is 2.58. The first kappa shape index (κ1) is 9.81. The molecule has 0 spiro atoms. The number of thiazole rings is 1. The van der Waals surface area contributed by atoms with Crippen LogP contribution in [0.25, 0.3) is 11.3 Å². The van der Waals surface area contributed by atoms with E-state index in [0.29, 0.717) is 6.73 Å². The van der Waals surface area contributed by atoms with Gasteiger partial charge in [-0.1, -0.05) is 30.3 Å². The number of ether oxygens (including phenoxy) is 1. The van der Waals surface area contributed by atoms with E-state index in [9.17, 15) is 0 Å². The fourth-order valence-electron chi connectivity index (χ4n) is 1.72. The Morgan fingerprint density at radius 3 is 2.88 bits per heavy atom. The third kappa shape index (κ3) is 1.81. The Labute approximate surface area is 98.3 Å². The van der Waals surface area contributed by atoms with Crippen molar-refractivity contribution in [2.24, 2.45) is 0 Å². The van der Waals surface area contributed by atoms with Crippen molar-refractivity contribution in [1.29, 1.82) is 0 Å². The predicted octanol–water partition coefficient (Wildman–Crippen LogP) is 2.60. The van der Waals surface area contributed by atoms with Crippen LogP contribution < -0.4 is 4.90 Å². The zero-order valence-corrected chi connectivity index (χ0v) is 9.61. The van der Waals surface area contributed by atoms with Crippen LogP contribution in [0.5, 0.6) is 0 Å². The fraction of sp³-hybridized carbons (Fsp3) is 0.250.